The minimum Gasteiger partial charge on any atom is -0.462 e. The molecule has 1 aromatic rings. The largest absolute Gasteiger partial charge is 0.462 e. The third kappa shape index (κ3) is 5.65. The van der Waals surface area contributed by atoms with E-state index in [0.717, 1.165) is 44.2 Å². The van der Waals surface area contributed by atoms with Crippen molar-refractivity contribution < 1.29 is 9.15 Å². The number of nitrogens with zero attached hydrogens (tertiary/aromatic N) is 1. The first-order chi connectivity index (χ1) is 9.88. The molecule has 0 aliphatic carbocycles. The van der Waals surface area contributed by atoms with E-state index in [-0.39, 0.29) is 0 Å². The molecule has 4 heteroatoms. The Labute approximate surface area is 122 Å². The van der Waals surface area contributed by atoms with E-state index in [0.29, 0.717) is 6.61 Å². The summed E-state index contributed by atoms with van der Waals surface area (Å²) in [6, 6.07) is 4.05. The molecule has 1 N–H and O–H groups in total. The van der Waals surface area contributed by atoms with Crippen LogP contribution >= 0.6 is 0 Å². The minimum absolute atomic E-state index is 0.585. The van der Waals surface area contributed by atoms with Crippen molar-refractivity contribution in [3.63, 3.8) is 0 Å². The zero-order valence-corrected chi connectivity index (χ0v) is 12.7. The maximum absolute atomic E-state index is 5.72. The molecule has 1 saturated heterocycles. The van der Waals surface area contributed by atoms with E-state index < -0.39 is 0 Å². The number of rotatable bonds is 9. The first-order valence-electron chi connectivity index (χ1n) is 7.97. The zero-order chi connectivity index (χ0) is 14.0. The molecule has 20 heavy (non-hydrogen) atoms. The molecule has 1 aromatic heterocycles. The molecule has 0 spiro atoms. The van der Waals surface area contributed by atoms with Crippen LogP contribution in [-0.4, -0.2) is 37.7 Å². The lowest BCUT2D eigenvalue weighted by molar-refractivity contribution is 0.0758. The predicted octanol–water partition coefficient (Wildman–Crippen LogP) is 2.78. The van der Waals surface area contributed by atoms with Crippen molar-refractivity contribution in [2.24, 2.45) is 0 Å². The van der Waals surface area contributed by atoms with Crippen molar-refractivity contribution in [3.05, 3.63) is 23.7 Å². The third-order valence-corrected chi connectivity index (χ3v) is 3.69. The van der Waals surface area contributed by atoms with Crippen LogP contribution in [0.5, 0.6) is 0 Å². The van der Waals surface area contributed by atoms with Gasteiger partial charge in [0, 0.05) is 6.54 Å². The van der Waals surface area contributed by atoms with Gasteiger partial charge in [0.15, 0.2) is 0 Å². The number of hydrogen-bond donors (Lipinski definition) is 1. The molecule has 0 saturated carbocycles. The highest BCUT2D eigenvalue weighted by molar-refractivity contribution is 5.06. The summed E-state index contributed by atoms with van der Waals surface area (Å²) in [5.41, 5.74) is 0. The monoisotopic (exact) mass is 280 g/mol. The van der Waals surface area contributed by atoms with Crippen LogP contribution in [0.25, 0.3) is 0 Å². The molecule has 0 bridgehead atoms. The van der Waals surface area contributed by atoms with Gasteiger partial charge in [-0.1, -0.05) is 13.3 Å². The molecule has 0 aromatic carbocycles. The summed E-state index contributed by atoms with van der Waals surface area (Å²) in [5.74, 6) is 1.92. The third-order valence-electron chi connectivity index (χ3n) is 3.69. The summed E-state index contributed by atoms with van der Waals surface area (Å²) in [6.45, 7) is 8.90. The summed E-state index contributed by atoms with van der Waals surface area (Å²) in [6.07, 6.45) is 5.21. The molecular formula is C16H28N2O2. The maximum Gasteiger partial charge on any atom is 0.129 e. The standard InChI is InChI=1S/C16H28N2O2/c1-2-8-17-13-15-6-7-16(20-15)14-19-12-11-18-9-4-3-5-10-18/h6-7,17H,2-5,8-14H2,1H3. The Bertz CT molecular complexity index is 359. The van der Waals surface area contributed by atoms with E-state index in [2.05, 4.69) is 17.1 Å². The maximum atomic E-state index is 5.72. The predicted molar refractivity (Wildman–Crippen MR) is 80.7 cm³/mol. The zero-order valence-electron chi connectivity index (χ0n) is 12.7. The molecule has 0 amide bonds. The van der Waals surface area contributed by atoms with Crippen LogP contribution in [0, 0.1) is 0 Å². The van der Waals surface area contributed by atoms with Gasteiger partial charge < -0.3 is 19.4 Å². The summed E-state index contributed by atoms with van der Waals surface area (Å²) in [4.78, 5) is 2.49. The van der Waals surface area contributed by atoms with Gasteiger partial charge in [-0.05, 0) is 51.0 Å². The molecule has 0 unspecified atom stereocenters. The van der Waals surface area contributed by atoms with Crippen LogP contribution in [0.15, 0.2) is 16.5 Å². The molecule has 114 valence electrons. The van der Waals surface area contributed by atoms with Crippen LogP contribution in [0.3, 0.4) is 0 Å². The van der Waals surface area contributed by atoms with Gasteiger partial charge in [-0.3, -0.25) is 0 Å². The summed E-state index contributed by atoms with van der Waals surface area (Å²) in [7, 11) is 0. The van der Waals surface area contributed by atoms with E-state index >= 15 is 0 Å². The van der Waals surface area contributed by atoms with Crippen LogP contribution in [-0.2, 0) is 17.9 Å². The molecule has 1 aliphatic rings. The highest BCUT2D eigenvalue weighted by Crippen LogP contribution is 2.10. The fraction of sp³-hybridized carbons (Fsp3) is 0.750. The SMILES string of the molecule is CCCNCc1ccc(COCCN2CCCCC2)o1. The Morgan fingerprint density at radius 1 is 1.20 bits per heavy atom. The molecule has 1 aliphatic heterocycles. The summed E-state index contributed by atoms with van der Waals surface area (Å²) in [5, 5.41) is 3.33. The van der Waals surface area contributed by atoms with E-state index in [4.69, 9.17) is 9.15 Å². The quantitative estimate of drug-likeness (QED) is 0.706. The number of piperidine rings is 1. The van der Waals surface area contributed by atoms with Crippen molar-refractivity contribution in [2.45, 2.75) is 45.8 Å². The lowest BCUT2D eigenvalue weighted by Gasteiger charge is -2.25. The van der Waals surface area contributed by atoms with Crippen LogP contribution in [0.4, 0.5) is 0 Å². The van der Waals surface area contributed by atoms with E-state index in [1.165, 1.54) is 32.4 Å². The van der Waals surface area contributed by atoms with E-state index in [9.17, 15) is 0 Å². The normalized spacial score (nSPS) is 16.6. The van der Waals surface area contributed by atoms with Gasteiger partial charge in [0.1, 0.15) is 18.1 Å². The highest BCUT2D eigenvalue weighted by Gasteiger charge is 2.09. The van der Waals surface area contributed by atoms with Crippen molar-refractivity contribution in [2.75, 3.05) is 32.8 Å². The number of nitrogens with one attached hydrogen (secondary N) is 1. The number of ether oxygens (including phenoxy) is 1. The summed E-state index contributed by atoms with van der Waals surface area (Å²) < 4.78 is 11.4. The Hall–Kier alpha value is -0.840. The lowest BCUT2D eigenvalue weighted by Crippen LogP contribution is -2.32. The van der Waals surface area contributed by atoms with Crippen LogP contribution < -0.4 is 5.32 Å². The van der Waals surface area contributed by atoms with Gasteiger partial charge in [-0.2, -0.15) is 0 Å². The molecule has 0 atom stereocenters. The first kappa shape index (κ1) is 15.5. The molecule has 0 radical (unpaired) electrons. The van der Waals surface area contributed by atoms with Crippen LogP contribution in [0.2, 0.25) is 0 Å². The van der Waals surface area contributed by atoms with Crippen molar-refractivity contribution in [1.29, 1.82) is 0 Å². The van der Waals surface area contributed by atoms with Gasteiger partial charge in [-0.15, -0.1) is 0 Å². The fourth-order valence-electron chi connectivity index (χ4n) is 2.53. The summed E-state index contributed by atoms with van der Waals surface area (Å²) >= 11 is 0. The molecule has 2 heterocycles. The van der Waals surface area contributed by atoms with Crippen LogP contribution in [0.1, 0.15) is 44.1 Å². The second kappa shape index (κ2) is 9.16. The average Bonchev–Trinajstić information content (AvgIpc) is 2.93. The van der Waals surface area contributed by atoms with Crippen molar-refractivity contribution in [3.8, 4) is 0 Å². The van der Waals surface area contributed by atoms with Gasteiger partial charge in [0.25, 0.3) is 0 Å². The highest BCUT2D eigenvalue weighted by atomic mass is 16.5. The van der Waals surface area contributed by atoms with Gasteiger partial charge in [0.05, 0.1) is 13.2 Å². The van der Waals surface area contributed by atoms with Gasteiger partial charge in [0.2, 0.25) is 0 Å². The Morgan fingerprint density at radius 2 is 2.00 bits per heavy atom. The topological polar surface area (TPSA) is 37.6 Å². The van der Waals surface area contributed by atoms with Gasteiger partial charge >= 0.3 is 0 Å². The Kier molecular flexibility index (Phi) is 7.12. The molecule has 2 rings (SSSR count). The Balaban J connectivity index is 1.56. The van der Waals surface area contributed by atoms with Gasteiger partial charge in [-0.25, -0.2) is 0 Å². The second-order valence-electron chi connectivity index (χ2n) is 5.50. The second-order valence-corrected chi connectivity index (χ2v) is 5.50. The average molecular weight is 280 g/mol. The van der Waals surface area contributed by atoms with E-state index in [1.54, 1.807) is 0 Å². The van der Waals surface area contributed by atoms with Crippen molar-refractivity contribution in [1.82, 2.24) is 10.2 Å². The van der Waals surface area contributed by atoms with Crippen molar-refractivity contribution >= 4 is 0 Å². The lowest BCUT2D eigenvalue weighted by atomic mass is 10.1. The molecular weight excluding hydrogens is 252 g/mol. The first-order valence-corrected chi connectivity index (χ1v) is 7.97. The van der Waals surface area contributed by atoms with E-state index in [1.807, 2.05) is 12.1 Å². The number of hydrogen-bond acceptors (Lipinski definition) is 4. The fourth-order valence-corrected chi connectivity index (χ4v) is 2.53. The smallest absolute Gasteiger partial charge is 0.129 e. The molecule has 4 nitrogen and oxygen atoms in total. The molecule has 1 fully saturated rings. The Morgan fingerprint density at radius 3 is 2.80 bits per heavy atom. The number of likely N-dealkylation sites (tertiary alicyclic amines) is 1. The number of furan rings is 1. The minimum atomic E-state index is 0.585.